The summed E-state index contributed by atoms with van der Waals surface area (Å²) in [4.78, 5) is 53.2. The summed E-state index contributed by atoms with van der Waals surface area (Å²) < 4.78 is 25.2. The van der Waals surface area contributed by atoms with E-state index < -0.39 is 53.3 Å². The van der Waals surface area contributed by atoms with E-state index >= 15 is 0 Å². The van der Waals surface area contributed by atoms with E-state index in [2.05, 4.69) is 5.32 Å². The minimum atomic E-state index is -1.56. The van der Waals surface area contributed by atoms with Gasteiger partial charge in [-0.05, 0) is 24.6 Å². The third-order valence-corrected chi connectivity index (χ3v) is 6.56. The topological polar surface area (TPSA) is 125 Å². The van der Waals surface area contributed by atoms with E-state index in [4.69, 9.17) is 9.47 Å². The predicted octanol–water partition coefficient (Wildman–Crippen LogP) is 2.67. The molecule has 2 aromatic carbocycles. The van der Waals surface area contributed by atoms with Crippen LogP contribution in [0.4, 0.5) is 9.18 Å². The number of carbonyl (C=O) groups is 4. The lowest BCUT2D eigenvalue weighted by Crippen LogP contribution is -2.70. The van der Waals surface area contributed by atoms with Gasteiger partial charge in [-0.15, -0.1) is 0 Å². The first-order chi connectivity index (χ1) is 17.6. The maximum absolute atomic E-state index is 14.6. The zero-order chi connectivity index (χ0) is 26.7. The van der Waals surface area contributed by atoms with Crippen LogP contribution in [0.25, 0.3) is 0 Å². The smallest absolute Gasteiger partial charge is 0.410 e. The number of aliphatic carboxylic acids is 1. The van der Waals surface area contributed by atoms with Crippen LogP contribution in [0.1, 0.15) is 29.3 Å². The molecule has 2 amide bonds. The Labute approximate surface area is 212 Å². The van der Waals surface area contributed by atoms with Crippen LogP contribution in [0.15, 0.2) is 72.1 Å². The second-order valence-corrected chi connectivity index (χ2v) is 8.94. The van der Waals surface area contributed by atoms with E-state index in [9.17, 15) is 28.7 Å². The van der Waals surface area contributed by atoms with Crippen LogP contribution in [-0.2, 0) is 25.7 Å². The molecule has 1 fully saturated rings. The second kappa shape index (κ2) is 10.3. The molecule has 10 nitrogen and oxygen atoms in total. The van der Waals surface area contributed by atoms with Crippen LogP contribution in [0, 0.1) is 0 Å². The molecule has 11 heteroatoms. The number of benzene rings is 2. The first-order valence-corrected chi connectivity index (χ1v) is 11.5. The summed E-state index contributed by atoms with van der Waals surface area (Å²) in [6.45, 7) is 1.14. The molecule has 0 aromatic heterocycles. The molecule has 2 aliphatic rings. The van der Waals surface area contributed by atoms with Crippen LogP contribution in [-0.4, -0.2) is 70.3 Å². The van der Waals surface area contributed by atoms with Gasteiger partial charge in [0.2, 0.25) is 5.76 Å². The van der Waals surface area contributed by atoms with Crippen molar-refractivity contribution in [3.05, 3.63) is 83.2 Å². The number of ether oxygens (including phenoxy) is 2. The highest BCUT2D eigenvalue weighted by Gasteiger charge is 2.54. The highest BCUT2D eigenvalue weighted by molar-refractivity contribution is 6.05. The summed E-state index contributed by atoms with van der Waals surface area (Å²) >= 11 is 0. The van der Waals surface area contributed by atoms with Crippen LogP contribution < -0.4 is 5.32 Å². The lowest BCUT2D eigenvalue weighted by atomic mass is 9.94. The summed E-state index contributed by atoms with van der Waals surface area (Å²) in [5.74, 6) is -4.11. The first kappa shape index (κ1) is 25.7. The number of carbonyl (C=O) groups excluding carboxylic acids is 3. The Kier molecular flexibility index (Phi) is 7.14. The average Bonchev–Trinajstić information content (AvgIpc) is 3.31. The fourth-order valence-electron chi connectivity index (χ4n) is 4.46. The van der Waals surface area contributed by atoms with Gasteiger partial charge in [-0.3, -0.25) is 9.69 Å². The van der Waals surface area contributed by atoms with Crippen molar-refractivity contribution in [1.29, 1.82) is 0 Å². The van der Waals surface area contributed by atoms with Crippen molar-refractivity contribution in [3.8, 4) is 0 Å². The van der Waals surface area contributed by atoms with Gasteiger partial charge in [0.05, 0.1) is 18.2 Å². The zero-order valence-electron chi connectivity index (χ0n) is 20.2. The molecule has 0 bridgehead atoms. The molecule has 4 rings (SSSR count). The van der Waals surface area contributed by atoms with Gasteiger partial charge in [-0.1, -0.05) is 48.5 Å². The molecular weight excluding hydrogens is 485 g/mol. The van der Waals surface area contributed by atoms with Gasteiger partial charge in [0.1, 0.15) is 18.4 Å². The highest BCUT2D eigenvalue weighted by Crippen LogP contribution is 2.36. The van der Waals surface area contributed by atoms with E-state index in [1.54, 1.807) is 42.5 Å². The molecule has 0 spiro atoms. The van der Waals surface area contributed by atoms with Gasteiger partial charge >= 0.3 is 18.0 Å². The molecule has 2 heterocycles. The Balaban J connectivity index is 1.60. The summed E-state index contributed by atoms with van der Waals surface area (Å²) in [6.07, 6.45) is -2.40. The lowest BCUT2D eigenvalue weighted by molar-refractivity contribution is -0.144. The molecule has 194 valence electrons. The number of amides is 2. The molecular formula is C26H26FN3O7. The van der Waals surface area contributed by atoms with Crippen molar-refractivity contribution in [2.45, 2.75) is 37.8 Å². The number of likely N-dealkylation sites (tertiary alicyclic amines) is 1. The fraction of sp³-hybridized carbons (Fsp3) is 0.308. The Hall–Kier alpha value is -4.41. The standard InChI is InChI=1S/C26H26FN3O7/c1-26(19-13-18(27)14-30(19)25(35)36-15-16-9-5-3-6-10-16)28-20(23(32)33)21(22(31)29(26)2)37-24(34)17-11-7-4-8-12-17/h3-12,18-19,28H,13-15H2,1-2H3,(H,32,33)/t18-,19-,26?/m0/s1. The van der Waals surface area contributed by atoms with Crippen molar-refractivity contribution in [3.63, 3.8) is 0 Å². The maximum atomic E-state index is 14.6. The van der Waals surface area contributed by atoms with E-state index in [0.717, 1.165) is 15.4 Å². The van der Waals surface area contributed by atoms with Gasteiger partial charge in [-0.25, -0.2) is 18.8 Å². The minimum absolute atomic E-state index is 0.0430. The molecule has 37 heavy (non-hydrogen) atoms. The largest absolute Gasteiger partial charge is 0.476 e. The Morgan fingerprint density at radius 1 is 1.11 bits per heavy atom. The highest BCUT2D eigenvalue weighted by atomic mass is 19.1. The number of nitrogens with zero attached hydrogens (tertiary/aromatic N) is 2. The first-order valence-electron chi connectivity index (χ1n) is 11.5. The quantitative estimate of drug-likeness (QED) is 0.567. The molecule has 1 saturated heterocycles. The monoisotopic (exact) mass is 511 g/mol. The predicted molar refractivity (Wildman–Crippen MR) is 127 cm³/mol. The third-order valence-electron chi connectivity index (χ3n) is 6.56. The number of hydrogen-bond donors (Lipinski definition) is 2. The van der Waals surface area contributed by atoms with Gasteiger partial charge in [0.15, 0.2) is 5.70 Å². The molecule has 2 N–H and O–H groups in total. The summed E-state index contributed by atoms with van der Waals surface area (Å²) in [7, 11) is 1.35. The maximum Gasteiger partial charge on any atom is 0.410 e. The van der Waals surface area contributed by atoms with E-state index in [1.165, 1.54) is 26.1 Å². The van der Waals surface area contributed by atoms with E-state index in [-0.39, 0.29) is 25.1 Å². The summed E-state index contributed by atoms with van der Waals surface area (Å²) in [5, 5.41) is 12.6. The number of carboxylic acid groups (broad SMARTS) is 1. The number of hydrogen-bond acceptors (Lipinski definition) is 7. The number of rotatable bonds is 6. The van der Waals surface area contributed by atoms with Gasteiger partial charge < -0.3 is 24.8 Å². The van der Waals surface area contributed by atoms with Crippen molar-refractivity contribution in [2.75, 3.05) is 13.6 Å². The molecule has 0 aliphatic carbocycles. The second-order valence-electron chi connectivity index (χ2n) is 8.94. The SMILES string of the molecule is CN1C(=O)C(OC(=O)c2ccccc2)=C(C(=O)O)NC1(C)[C@@H]1C[C@H](F)CN1C(=O)OCc1ccccc1. The summed E-state index contributed by atoms with van der Waals surface area (Å²) in [5.41, 5.74) is -1.37. The van der Waals surface area contributed by atoms with Gasteiger partial charge in [0, 0.05) is 13.5 Å². The average molecular weight is 512 g/mol. The number of esters is 1. The molecule has 2 aromatic rings. The van der Waals surface area contributed by atoms with Gasteiger partial charge in [0.25, 0.3) is 5.91 Å². The Morgan fingerprint density at radius 2 is 1.73 bits per heavy atom. The molecule has 1 unspecified atom stereocenters. The Morgan fingerprint density at radius 3 is 2.35 bits per heavy atom. The van der Waals surface area contributed by atoms with Crippen molar-refractivity contribution in [2.24, 2.45) is 0 Å². The van der Waals surface area contributed by atoms with Crippen molar-refractivity contribution in [1.82, 2.24) is 15.1 Å². The molecule has 3 atom stereocenters. The molecule has 0 saturated carbocycles. The lowest BCUT2D eigenvalue weighted by Gasteiger charge is -2.49. The van der Waals surface area contributed by atoms with E-state index in [1.807, 2.05) is 6.07 Å². The molecule has 2 aliphatic heterocycles. The number of likely N-dealkylation sites (N-methyl/N-ethyl adjacent to an activating group) is 1. The summed E-state index contributed by atoms with van der Waals surface area (Å²) in [6, 6.07) is 15.7. The van der Waals surface area contributed by atoms with Crippen LogP contribution in [0.5, 0.6) is 0 Å². The van der Waals surface area contributed by atoms with E-state index in [0.29, 0.717) is 0 Å². The normalized spacial score (nSPS) is 23.5. The van der Waals surface area contributed by atoms with Crippen LogP contribution in [0.2, 0.25) is 0 Å². The zero-order valence-corrected chi connectivity index (χ0v) is 20.2. The fourth-order valence-corrected chi connectivity index (χ4v) is 4.46. The van der Waals surface area contributed by atoms with Crippen molar-refractivity contribution < 1.29 is 38.1 Å². The van der Waals surface area contributed by atoms with Crippen LogP contribution >= 0.6 is 0 Å². The number of halogens is 1. The number of nitrogens with one attached hydrogen (secondary N) is 1. The number of carboxylic acids is 1. The number of alkyl halides is 1. The Bertz CT molecular complexity index is 1240. The molecule has 0 radical (unpaired) electrons. The van der Waals surface area contributed by atoms with Crippen LogP contribution in [0.3, 0.4) is 0 Å². The third kappa shape index (κ3) is 5.11. The minimum Gasteiger partial charge on any atom is -0.476 e. The van der Waals surface area contributed by atoms with Gasteiger partial charge in [-0.2, -0.15) is 0 Å². The van der Waals surface area contributed by atoms with Crippen molar-refractivity contribution >= 4 is 23.9 Å².